The Morgan fingerprint density at radius 3 is 2.91 bits per heavy atom. The summed E-state index contributed by atoms with van der Waals surface area (Å²) in [5.74, 6) is 2.79. The molecule has 7 heteroatoms. The fourth-order valence-corrected chi connectivity index (χ4v) is 3.12. The van der Waals surface area contributed by atoms with E-state index in [-0.39, 0.29) is 5.91 Å². The van der Waals surface area contributed by atoms with E-state index in [1.165, 1.54) is 0 Å². The average molecular weight is 317 g/mol. The first-order valence-corrected chi connectivity index (χ1v) is 8.16. The zero-order valence-corrected chi connectivity index (χ0v) is 13.9. The molecule has 1 aliphatic rings. The lowest BCUT2D eigenvalue weighted by Gasteiger charge is -2.16. The highest BCUT2D eigenvalue weighted by Gasteiger charge is 2.29. The van der Waals surface area contributed by atoms with Crippen LogP contribution in [0.5, 0.6) is 0 Å². The van der Waals surface area contributed by atoms with Gasteiger partial charge in [-0.1, -0.05) is 12.1 Å². The van der Waals surface area contributed by atoms with Gasteiger partial charge in [0, 0.05) is 51.5 Å². The highest BCUT2D eigenvalue weighted by molar-refractivity contribution is 5.76. The van der Waals surface area contributed by atoms with Crippen LogP contribution in [0.15, 0.2) is 10.7 Å². The number of carbonyl (C=O) groups is 1. The molecule has 0 unspecified atom stereocenters. The van der Waals surface area contributed by atoms with Crippen molar-refractivity contribution in [1.29, 1.82) is 0 Å². The summed E-state index contributed by atoms with van der Waals surface area (Å²) in [6.45, 7) is 5.51. The SMILES string of the molecule is CCc1noc(CCC(=O)N2CC[C@@H](c3nc(C)cn3C)C2)n1. The molecule has 3 rings (SSSR count). The van der Waals surface area contributed by atoms with Crippen molar-refractivity contribution in [2.75, 3.05) is 13.1 Å². The van der Waals surface area contributed by atoms with Crippen molar-refractivity contribution in [3.63, 3.8) is 0 Å². The quantitative estimate of drug-likeness (QED) is 0.837. The van der Waals surface area contributed by atoms with Crippen LogP contribution in [0.4, 0.5) is 0 Å². The molecule has 0 aromatic carbocycles. The zero-order valence-electron chi connectivity index (χ0n) is 13.9. The van der Waals surface area contributed by atoms with Gasteiger partial charge in [0.1, 0.15) is 5.82 Å². The van der Waals surface area contributed by atoms with E-state index in [1.807, 2.05) is 32.0 Å². The molecule has 3 heterocycles. The van der Waals surface area contributed by atoms with Crippen LogP contribution in [0.1, 0.15) is 48.9 Å². The molecule has 1 saturated heterocycles. The second-order valence-corrected chi connectivity index (χ2v) is 6.13. The largest absolute Gasteiger partial charge is 0.342 e. The molecular formula is C16H23N5O2. The van der Waals surface area contributed by atoms with Crippen LogP contribution in [0.25, 0.3) is 0 Å². The molecule has 2 aromatic heterocycles. The summed E-state index contributed by atoms with van der Waals surface area (Å²) < 4.78 is 7.20. The minimum Gasteiger partial charge on any atom is -0.342 e. The summed E-state index contributed by atoms with van der Waals surface area (Å²) in [7, 11) is 2.01. The maximum atomic E-state index is 12.4. The molecule has 1 aliphatic heterocycles. The van der Waals surface area contributed by atoms with E-state index in [1.54, 1.807) is 0 Å². The molecule has 7 nitrogen and oxygen atoms in total. The fraction of sp³-hybridized carbons (Fsp3) is 0.625. The number of hydrogen-bond donors (Lipinski definition) is 0. The first kappa shape index (κ1) is 15.7. The van der Waals surface area contributed by atoms with Gasteiger partial charge in [-0.05, 0) is 13.3 Å². The number of aromatic nitrogens is 4. The summed E-state index contributed by atoms with van der Waals surface area (Å²) in [6, 6.07) is 0. The van der Waals surface area contributed by atoms with Gasteiger partial charge in [-0.15, -0.1) is 0 Å². The van der Waals surface area contributed by atoms with Crippen LogP contribution in [-0.4, -0.2) is 43.6 Å². The Labute approximate surface area is 135 Å². The third kappa shape index (κ3) is 3.43. The first-order valence-electron chi connectivity index (χ1n) is 8.16. The third-order valence-corrected chi connectivity index (χ3v) is 4.32. The zero-order chi connectivity index (χ0) is 16.4. The number of imidazole rings is 1. The Bertz CT molecular complexity index is 690. The van der Waals surface area contributed by atoms with Gasteiger partial charge in [0.05, 0.1) is 5.69 Å². The Hall–Kier alpha value is -2.18. The van der Waals surface area contributed by atoms with Crippen molar-refractivity contribution < 1.29 is 9.32 Å². The smallest absolute Gasteiger partial charge is 0.227 e. The Balaban J connectivity index is 1.54. The number of amides is 1. The standard InChI is InChI=1S/C16H23N5O2/c1-4-13-18-14(23-19-13)5-6-15(22)21-8-7-12(10-21)16-17-11(2)9-20(16)3/h9,12H,4-8,10H2,1-3H3/t12-/m1/s1. The predicted molar refractivity (Wildman–Crippen MR) is 83.9 cm³/mol. The van der Waals surface area contributed by atoms with E-state index in [9.17, 15) is 4.79 Å². The first-order chi connectivity index (χ1) is 11.1. The fourth-order valence-electron chi connectivity index (χ4n) is 3.12. The van der Waals surface area contributed by atoms with Gasteiger partial charge in [-0.2, -0.15) is 4.98 Å². The van der Waals surface area contributed by atoms with Crippen LogP contribution >= 0.6 is 0 Å². The molecule has 1 fully saturated rings. The lowest BCUT2D eigenvalue weighted by atomic mass is 10.1. The number of carbonyl (C=O) groups excluding carboxylic acids is 1. The molecule has 0 spiro atoms. The van der Waals surface area contributed by atoms with Gasteiger partial charge in [0.15, 0.2) is 5.82 Å². The van der Waals surface area contributed by atoms with Crippen LogP contribution in [0.2, 0.25) is 0 Å². The van der Waals surface area contributed by atoms with Crippen molar-refractivity contribution in [3.8, 4) is 0 Å². The second kappa shape index (κ2) is 6.52. The summed E-state index contributed by atoms with van der Waals surface area (Å²) >= 11 is 0. The monoisotopic (exact) mass is 317 g/mol. The third-order valence-electron chi connectivity index (χ3n) is 4.32. The van der Waals surface area contributed by atoms with Gasteiger partial charge in [0.2, 0.25) is 11.8 Å². The Kier molecular flexibility index (Phi) is 4.45. The van der Waals surface area contributed by atoms with Crippen molar-refractivity contribution in [2.24, 2.45) is 7.05 Å². The summed E-state index contributed by atoms with van der Waals surface area (Å²) in [5.41, 5.74) is 1.02. The highest BCUT2D eigenvalue weighted by atomic mass is 16.5. The topological polar surface area (TPSA) is 77.0 Å². The predicted octanol–water partition coefficient (Wildman–Crippen LogP) is 1.62. The maximum Gasteiger partial charge on any atom is 0.227 e. The van der Waals surface area contributed by atoms with Crippen LogP contribution in [0, 0.1) is 6.92 Å². The molecule has 0 radical (unpaired) electrons. The molecule has 0 bridgehead atoms. The molecule has 0 N–H and O–H groups in total. The van der Waals surface area contributed by atoms with E-state index >= 15 is 0 Å². The minimum atomic E-state index is 0.148. The van der Waals surface area contributed by atoms with Crippen molar-refractivity contribution in [3.05, 3.63) is 29.4 Å². The van der Waals surface area contributed by atoms with E-state index in [0.29, 0.717) is 30.5 Å². The molecular weight excluding hydrogens is 294 g/mol. The van der Waals surface area contributed by atoms with E-state index < -0.39 is 0 Å². The normalized spacial score (nSPS) is 17.9. The number of aryl methyl sites for hydroxylation is 4. The van der Waals surface area contributed by atoms with Crippen molar-refractivity contribution in [2.45, 2.75) is 45.4 Å². The van der Waals surface area contributed by atoms with Crippen LogP contribution in [0.3, 0.4) is 0 Å². The Morgan fingerprint density at radius 1 is 1.43 bits per heavy atom. The van der Waals surface area contributed by atoms with Crippen LogP contribution < -0.4 is 0 Å². The number of likely N-dealkylation sites (tertiary alicyclic amines) is 1. The van der Waals surface area contributed by atoms with Crippen molar-refractivity contribution in [1.82, 2.24) is 24.6 Å². The maximum absolute atomic E-state index is 12.4. The number of hydrogen-bond acceptors (Lipinski definition) is 5. The van der Waals surface area contributed by atoms with Gasteiger partial charge >= 0.3 is 0 Å². The van der Waals surface area contributed by atoms with E-state index in [0.717, 1.165) is 37.4 Å². The summed E-state index contributed by atoms with van der Waals surface area (Å²) in [5, 5.41) is 3.85. The molecule has 1 amide bonds. The van der Waals surface area contributed by atoms with Gasteiger partial charge < -0.3 is 14.0 Å². The molecule has 0 saturated carbocycles. The molecule has 124 valence electrons. The molecule has 0 aliphatic carbocycles. The van der Waals surface area contributed by atoms with E-state index in [2.05, 4.69) is 19.7 Å². The number of rotatable bonds is 5. The average Bonchev–Trinajstić information content (AvgIpc) is 3.24. The number of nitrogens with zero attached hydrogens (tertiary/aromatic N) is 5. The van der Waals surface area contributed by atoms with Gasteiger partial charge in [0.25, 0.3) is 0 Å². The van der Waals surface area contributed by atoms with Crippen molar-refractivity contribution >= 4 is 5.91 Å². The minimum absolute atomic E-state index is 0.148. The van der Waals surface area contributed by atoms with E-state index in [4.69, 9.17) is 4.52 Å². The lowest BCUT2D eigenvalue weighted by Crippen LogP contribution is -2.28. The van der Waals surface area contributed by atoms with Gasteiger partial charge in [-0.25, -0.2) is 4.98 Å². The highest BCUT2D eigenvalue weighted by Crippen LogP contribution is 2.26. The lowest BCUT2D eigenvalue weighted by molar-refractivity contribution is -0.130. The second-order valence-electron chi connectivity index (χ2n) is 6.13. The Morgan fingerprint density at radius 2 is 2.26 bits per heavy atom. The summed E-state index contributed by atoms with van der Waals surface area (Å²) in [4.78, 5) is 23.1. The summed E-state index contributed by atoms with van der Waals surface area (Å²) in [6.07, 6.45) is 4.66. The molecule has 23 heavy (non-hydrogen) atoms. The van der Waals surface area contributed by atoms with Gasteiger partial charge in [-0.3, -0.25) is 4.79 Å². The molecule has 1 atom stereocenters. The molecule has 2 aromatic rings. The van der Waals surface area contributed by atoms with Crippen LogP contribution in [-0.2, 0) is 24.7 Å².